The van der Waals surface area contributed by atoms with Crippen LogP contribution in [0.5, 0.6) is 5.75 Å². The molecule has 0 saturated heterocycles. The van der Waals surface area contributed by atoms with Crippen LogP contribution < -0.4 is 0 Å². The first-order chi connectivity index (χ1) is 11.2. The fourth-order valence-corrected chi connectivity index (χ4v) is 2.63. The van der Waals surface area contributed by atoms with Crippen molar-refractivity contribution in [2.45, 2.75) is 66.2 Å². The lowest BCUT2D eigenvalue weighted by atomic mass is 9.85. The Labute approximate surface area is 143 Å². The van der Waals surface area contributed by atoms with Gasteiger partial charge in [0.25, 0.3) is 0 Å². The van der Waals surface area contributed by atoms with Crippen LogP contribution >= 0.6 is 0 Å². The maximum Gasteiger partial charge on any atom is 0.115 e. The topological polar surface area (TPSA) is 20.2 Å². The summed E-state index contributed by atoms with van der Waals surface area (Å²) < 4.78 is 0. The van der Waals surface area contributed by atoms with E-state index in [4.69, 9.17) is 0 Å². The highest BCUT2D eigenvalue weighted by Crippen LogP contribution is 2.32. The van der Waals surface area contributed by atoms with Crippen molar-refractivity contribution in [2.24, 2.45) is 0 Å². The fourth-order valence-electron chi connectivity index (χ4n) is 2.63. The molecule has 0 bridgehead atoms. The van der Waals surface area contributed by atoms with Crippen LogP contribution in [0.1, 0.15) is 77.3 Å². The van der Waals surface area contributed by atoms with Crippen LogP contribution in [0.2, 0.25) is 0 Å². The average molecular weight is 315 g/mol. The number of rotatable bonds is 5. The molecule has 2 unspecified atom stereocenters. The van der Waals surface area contributed by atoms with Gasteiger partial charge in [0.15, 0.2) is 0 Å². The minimum absolute atomic E-state index is 0.339. The van der Waals surface area contributed by atoms with Crippen molar-refractivity contribution >= 4 is 0 Å². The van der Waals surface area contributed by atoms with Crippen molar-refractivity contribution in [3.05, 3.63) is 65.7 Å². The fraction of sp³-hybridized carbons (Fsp3) is 0.455. The second-order valence-corrected chi connectivity index (χ2v) is 5.24. The standard InChI is InChI=1S/C18H22O.2C2H6/c1-3-15(17-7-5-4-6-8-17)13-14(2)16-9-11-18(19)12-10-16;2*1-2/h4-12,14-15,19H,3,13H2,1-2H3;2*1-2H3. The van der Waals surface area contributed by atoms with E-state index in [0.29, 0.717) is 17.6 Å². The second kappa shape index (κ2) is 12.8. The van der Waals surface area contributed by atoms with Crippen LogP contribution in [0, 0.1) is 0 Å². The van der Waals surface area contributed by atoms with E-state index in [-0.39, 0.29) is 0 Å². The Hall–Kier alpha value is -1.76. The Balaban J connectivity index is 0.00000112. The first-order valence-corrected chi connectivity index (χ1v) is 9.04. The van der Waals surface area contributed by atoms with Gasteiger partial charge in [-0.2, -0.15) is 0 Å². The highest BCUT2D eigenvalue weighted by atomic mass is 16.3. The number of phenols is 1. The van der Waals surface area contributed by atoms with Crippen LogP contribution in [0.15, 0.2) is 54.6 Å². The summed E-state index contributed by atoms with van der Waals surface area (Å²) in [5.74, 6) is 1.45. The second-order valence-electron chi connectivity index (χ2n) is 5.24. The van der Waals surface area contributed by atoms with Gasteiger partial charge in [-0.05, 0) is 47.9 Å². The third-order valence-corrected chi connectivity index (χ3v) is 3.86. The first kappa shape index (κ1) is 21.2. The summed E-state index contributed by atoms with van der Waals surface area (Å²) in [6.07, 6.45) is 2.30. The SMILES string of the molecule is CC.CC.CCC(CC(C)c1ccc(O)cc1)c1ccccc1. The largest absolute Gasteiger partial charge is 0.508 e. The van der Waals surface area contributed by atoms with Crippen molar-refractivity contribution in [1.82, 2.24) is 0 Å². The molecule has 0 amide bonds. The van der Waals surface area contributed by atoms with E-state index in [2.05, 4.69) is 44.2 Å². The Kier molecular flexibility index (Phi) is 11.8. The van der Waals surface area contributed by atoms with Crippen molar-refractivity contribution in [3.63, 3.8) is 0 Å². The maximum atomic E-state index is 9.34. The van der Waals surface area contributed by atoms with E-state index in [1.54, 1.807) is 12.1 Å². The quantitative estimate of drug-likeness (QED) is 0.622. The third kappa shape index (κ3) is 7.36. The Morgan fingerprint density at radius 3 is 1.78 bits per heavy atom. The molecule has 2 rings (SSSR count). The third-order valence-electron chi connectivity index (χ3n) is 3.86. The minimum Gasteiger partial charge on any atom is -0.508 e. The van der Waals surface area contributed by atoms with Gasteiger partial charge in [0.05, 0.1) is 0 Å². The molecule has 2 aromatic rings. The van der Waals surface area contributed by atoms with E-state index in [1.807, 2.05) is 39.8 Å². The van der Waals surface area contributed by atoms with Gasteiger partial charge < -0.3 is 5.11 Å². The molecule has 128 valence electrons. The smallest absolute Gasteiger partial charge is 0.115 e. The van der Waals surface area contributed by atoms with Crippen molar-refractivity contribution in [2.75, 3.05) is 0 Å². The van der Waals surface area contributed by atoms with Gasteiger partial charge in [-0.25, -0.2) is 0 Å². The van der Waals surface area contributed by atoms with Gasteiger partial charge in [0.2, 0.25) is 0 Å². The highest BCUT2D eigenvalue weighted by Gasteiger charge is 2.14. The summed E-state index contributed by atoms with van der Waals surface area (Å²) in [5, 5.41) is 9.34. The van der Waals surface area contributed by atoms with Crippen LogP contribution in [-0.2, 0) is 0 Å². The zero-order chi connectivity index (χ0) is 17.7. The Bertz CT molecular complexity index is 487. The number of aromatic hydroxyl groups is 1. The monoisotopic (exact) mass is 314 g/mol. The molecule has 0 aromatic heterocycles. The number of hydrogen-bond donors (Lipinski definition) is 1. The van der Waals surface area contributed by atoms with E-state index in [1.165, 1.54) is 11.1 Å². The van der Waals surface area contributed by atoms with Gasteiger partial charge in [0.1, 0.15) is 5.75 Å². The highest BCUT2D eigenvalue weighted by molar-refractivity contribution is 5.29. The lowest BCUT2D eigenvalue weighted by molar-refractivity contribution is 0.474. The van der Waals surface area contributed by atoms with Gasteiger partial charge in [0, 0.05) is 0 Å². The van der Waals surface area contributed by atoms with Crippen molar-refractivity contribution in [1.29, 1.82) is 0 Å². The predicted molar refractivity (Wildman–Crippen MR) is 103 cm³/mol. The van der Waals surface area contributed by atoms with E-state index in [0.717, 1.165) is 12.8 Å². The lowest BCUT2D eigenvalue weighted by Gasteiger charge is -2.20. The summed E-state index contributed by atoms with van der Waals surface area (Å²) in [5.41, 5.74) is 2.72. The molecule has 1 N–H and O–H groups in total. The number of phenolic OH excluding ortho intramolecular Hbond substituents is 1. The molecule has 0 spiro atoms. The summed E-state index contributed by atoms with van der Waals surface area (Å²) in [4.78, 5) is 0. The summed E-state index contributed by atoms with van der Waals surface area (Å²) in [6, 6.07) is 18.3. The molecule has 23 heavy (non-hydrogen) atoms. The van der Waals surface area contributed by atoms with E-state index < -0.39 is 0 Å². The molecule has 2 aromatic carbocycles. The van der Waals surface area contributed by atoms with Gasteiger partial charge in [-0.1, -0.05) is 84.0 Å². The summed E-state index contributed by atoms with van der Waals surface area (Å²) in [7, 11) is 0. The van der Waals surface area contributed by atoms with Gasteiger partial charge >= 0.3 is 0 Å². The zero-order valence-electron chi connectivity index (χ0n) is 15.7. The molecule has 0 fully saturated rings. The van der Waals surface area contributed by atoms with Gasteiger partial charge in [-0.15, -0.1) is 0 Å². The molecule has 0 aliphatic rings. The molecule has 0 aliphatic heterocycles. The lowest BCUT2D eigenvalue weighted by Crippen LogP contribution is -2.03. The maximum absolute atomic E-state index is 9.34. The number of benzene rings is 2. The van der Waals surface area contributed by atoms with Gasteiger partial charge in [-0.3, -0.25) is 0 Å². The summed E-state index contributed by atoms with van der Waals surface area (Å²) >= 11 is 0. The normalized spacial score (nSPS) is 12.1. The Morgan fingerprint density at radius 2 is 1.30 bits per heavy atom. The average Bonchev–Trinajstić information content (AvgIpc) is 2.64. The molecule has 2 atom stereocenters. The molecule has 0 saturated carbocycles. The van der Waals surface area contributed by atoms with Crippen LogP contribution in [0.25, 0.3) is 0 Å². The van der Waals surface area contributed by atoms with Crippen LogP contribution in [0.3, 0.4) is 0 Å². The number of hydrogen-bond acceptors (Lipinski definition) is 1. The molecule has 0 aliphatic carbocycles. The molecule has 0 heterocycles. The van der Waals surface area contributed by atoms with Crippen LogP contribution in [0.4, 0.5) is 0 Å². The zero-order valence-corrected chi connectivity index (χ0v) is 15.7. The van der Waals surface area contributed by atoms with Crippen molar-refractivity contribution < 1.29 is 5.11 Å². The van der Waals surface area contributed by atoms with E-state index in [9.17, 15) is 5.11 Å². The molecular weight excluding hydrogens is 280 g/mol. The molecule has 1 nitrogen and oxygen atoms in total. The van der Waals surface area contributed by atoms with Crippen molar-refractivity contribution in [3.8, 4) is 5.75 Å². The molecular formula is C22H34O. The predicted octanol–water partition coefficient (Wildman–Crippen LogP) is 7.13. The van der Waals surface area contributed by atoms with E-state index >= 15 is 0 Å². The Morgan fingerprint density at radius 1 is 0.783 bits per heavy atom. The van der Waals surface area contributed by atoms with Crippen LogP contribution in [-0.4, -0.2) is 5.11 Å². The minimum atomic E-state index is 0.339. The molecule has 1 heteroatoms. The molecule has 0 radical (unpaired) electrons. The first-order valence-electron chi connectivity index (χ1n) is 9.04. The summed E-state index contributed by atoms with van der Waals surface area (Å²) in [6.45, 7) is 12.5.